The van der Waals surface area contributed by atoms with Gasteiger partial charge in [0, 0.05) is 30.3 Å². The number of hydrogen-bond acceptors (Lipinski definition) is 6. The molecule has 27 heavy (non-hydrogen) atoms. The summed E-state index contributed by atoms with van der Waals surface area (Å²) < 4.78 is 5.63. The van der Waals surface area contributed by atoms with Crippen molar-refractivity contribution in [3.05, 3.63) is 58.9 Å². The van der Waals surface area contributed by atoms with E-state index in [4.69, 9.17) is 16.6 Å². The fourth-order valence-corrected chi connectivity index (χ4v) is 3.71. The summed E-state index contributed by atoms with van der Waals surface area (Å²) in [4.78, 5) is 37.7. The summed E-state index contributed by atoms with van der Waals surface area (Å²) in [5, 5.41) is 2.74. The van der Waals surface area contributed by atoms with Crippen LogP contribution in [0.3, 0.4) is 0 Å². The Morgan fingerprint density at radius 1 is 1.26 bits per heavy atom. The van der Waals surface area contributed by atoms with Gasteiger partial charge in [-0.05, 0) is 43.3 Å². The fourth-order valence-electron chi connectivity index (χ4n) is 2.42. The number of carbonyl (C=O) groups excluding carboxylic acids is 3. The van der Waals surface area contributed by atoms with E-state index >= 15 is 0 Å². The molecule has 0 radical (unpaired) electrons. The molecule has 0 bridgehead atoms. The van der Waals surface area contributed by atoms with Crippen LogP contribution in [0.15, 0.2) is 52.0 Å². The first-order chi connectivity index (χ1) is 12.9. The lowest BCUT2D eigenvalue weighted by atomic mass is 10.1. The van der Waals surface area contributed by atoms with E-state index in [1.54, 1.807) is 42.5 Å². The molecule has 0 spiro atoms. The van der Waals surface area contributed by atoms with E-state index in [-0.39, 0.29) is 30.6 Å². The van der Waals surface area contributed by atoms with Crippen LogP contribution < -0.4 is 5.32 Å². The Hall–Kier alpha value is -2.71. The quantitative estimate of drug-likeness (QED) is 0.452. The highest BCUT2D eigenvalue weighted by Gasteiger charge is 2.32. The second-order valence-electron chi connectivity index (χ2n) is 5.78. The molecule has 0 unspecified atom stereocenters. The van der Waals surface area contributed by atoms with Gasteiger partial charge in [0.1, 0.15) is 10.1 Å². The zero-order valence-electron chi connectivity index (χ0n) is 14.4. The van der Waals surface area contributed by atoms with Crippen LogP contribution in [0, 0.1) is 0 Å². The Balaban J connectivity index is 1.56. The molecule has 1 saturated heterocycles. The lowest BCUT2D eigenvalue weighted by Crippen LogP contribution is -2.31. The molecule has 0 atom stereocenters. The maximum atomic E-state index is 12.5. The van der Waals surface area contributed by atoms with Crippen LogP contribution >= 0.6 is 24.0 Å². The number of nitrogens with zero attached hydrogens (tertiary/aromatic N) is 1. The maximum absolute atomic E-state index is 12.5. The number of thiocarbonyl (C=S) groups is 1. The zero-order valence-corrected chi connectivity index (χ0v) is 16.1. The fraction of sp³-hybridized carbons (Fsp3) is 0.158. The van der Waals surface area contributed by atoms with Crippen LogP contribution in [0.25, 0.3) is 6.08 Å². The van der Waals surface area contributed by atoms with Gasteiger partial charge in [-0.2, -0.15) is 0 Å². The first kappa shape index (κ1) is 19.1. The first-order valence-corrected chi connectivity index (χ1v) is 9.36. The Morgan fingerprint density at radius 2 is 2.00 bits per heavy atom. The number of anilines is 1. The molecule has 138 valence electrons. The van der Waals surface area contributed by atoms with Crippen molar-refractivity contribution in [1.29, 1.82) is 0 Å². The van der Waals surface area contributed by atoms with E-state index in [1.807, 2.05) is 0 Å². The normalized spacial score (nSPS) is 15.4. The number of nitrogens with one attached hydrogen (secondary N) is 1. The Morgan fingerprint density at radius 3 is 2.63 bits per heavy atom. The lowest BCUT2D eigenvalue weighted by Gasteiger charge is -2.14. The minimum absolute atomic E-state index is 0.0372. The van der Waals surface area contributed by atoms with Gasteiger partial charge in [-0.15, -0.1) is 0 Å². The van der Waals surface area contributed by atoms with Gasteiger partial charge in [0.15, 0.2) is 5.78 Å². The molecule has 6 nitrogen and oxygen atoms in total. The number of ketones is 1. The number of hydrogen-bond donors (Lipinski definition) is 1. The zero-order chi connectivity index (χ0) is 19.4. The number of rotatable bonds is 6. The van der Waals surface area contributed by atoms with Gasteiger partial charge < -0.3 is 9.73 Å². The molecular weight excluding hydrogens is 384 g/mol. The van der Waals surface area contributed by atoms with Crippen LogP contribution in [0.1, 0.15) is 29.5 Å². The summed E-state index contributed by atoms with van der Waals surface area (Å²) >= 11 is 6.43. The minimum Gasteiger partial charge on any atom is -0.465 e. The standard InChI is InChI=1S/C19H16N2O4S2/c1-12(22)13-4-6-14(7-5-13)20-17(23)8-9-21-18(24)16(27-19(21)26)11-15-3-2-10-25-15/h2-7,10-11H,8-9H2,1H3,(H,20,23). The molecule has 1 fully saturated rings. The van der Waals surface area contributed by atoms with E-state index in [1.165, 1.54) is 29.8 Å². The van der Waals surface area contributed by atoms with Crippen LogP contribution in [-0.2, 0) is 9.59 Å². The third kappa shape index (κ3) is 4.72. The van der Waals surface area contributed by atoms with Gasteiger partial charge in [0.2, 0.25) is 5.91 Å². The topological polar surface area (TPSA) is 79.6 Å². The van der Waals surface area contributed by atoms with E-state index in [0.717, 1.165) is 0 Å². The van der Waals surface area contributed by atoms with Crippen molar-refractivity contribution in [2.75, 3.05) is 11.9 Å². The van der Waals surface area contributed by atoms with Crippen molar-refractivity contribution in [3.63, 3.8) is 0 Å². The van der Waals surface area contributed by atoms with Gasteiger partial charge >= 0.3 is 0 Å². The van der Waals surface area contributed by atoms with Crippen molar-refractivity contribution in [2.24, 2.45) is 0 Å². The third-order valence-corrected chi connectivity index (χ3v) is 5.21. The average Bonchev–Trinajstić information content (AvgIpc) is 3.23. The van der Waals surface area contributed by atoms with E-state index in [0.29, 0.717) is 26.2 Å². The summed E-state index contributed by atoms with van der Waals surface area (Å²) in [6.07, 6.45) is 3.27. The molecule has 1 aromatic heterocycles. The Bertz CT molecular complexity index is 918. The van der Waals surface area contributed by atoms with Gasteiger partial charge in [-0.1, -0.05) is 24.0 Å². The summed E-state index contributed by atoms with van der Waals surface area (Å²) in [6.45, 7) is 1.67. The molecule has 2 amide bonds. The van der Waals surface area contributed by atoms with Gasteiger partial charge in [0.05, 0.1) is 11.2 Å². The Kier molecular flexibility index (Phi) is 5.88. The number of benzene rings is 1. The molecule has 0 saturated carbocycles. The van der Waals surface area contributed by atoms with Crippen molar-refractivity contribution in [3.8, 4) is 0 Å². The summed E-state index contributed by atoms with van der Waals surface area (Å²) in [5.41, 5.74) is 1.17. The molecule has 2 heterocycles. The predicted molar refractivity (Wildman–Crippen MR) is 108 cm³/mol. The number of carbonyl (C=O) groups is 3. The van der Waals surface area contributed by atoms with Crippen LogP contribution in [-0.4, -0.2) is 33.4 Å². The highest BCUT2D eigenvalue weighted by molar-refractivity contribution is 8.26. The van der Waals surface area contributed by atoms with E-state index in [9.17, 15) is 14.4 Å². The smallest absolute Gasteiger partial charge is 0.266 e. The SMILES string of the molecule is CC(=O)c1ccc(NC(=O)CCN2C(=O)C(=Cc3ccco3)SC2=S)cc1. The van der Waals surface area contributed by atoms with Crippen LogP contribution in [0.2, 0.25) is 0 Å². The maximum Gasteiger partial charge on any atom is 0.266 e. The van der Waals surface area contributed by atoms with Crippen molar-refractivity contribution in [2.45, 2.75) is 13.3 Å². The molecule has 3 rings (SSSR count). The van der Waals surface area contributed by atoms with E-state index < -0.39 is 0 Å². The Labute approximate surface area is 165 Å². The van der Waals surface area contributed by atoms with E-state index in [2.05, 4.69) is 5.32 Å². The predicted octanol–water partition coefficient (Wildman–Crippen LogP) is 3.71. The number of Topliss-reactive ketones (excluding diaryl/α,β-unsaturated/α-hetero) is 1. The largest absolute Gasteiger partial charge is 0.465 e. The lowest BCUT2D eigenvalue weighted by molar-refractivity contribution is -0.122. The van der Waals surface area contributed by atoms with Crippen molar-refractivity contribution in [1.82, 2.24) is 4.90 Å². The number of amides is 2. The monoisotopic (exact) mass is 400 g/mol. The average molecular weight is 400 g/mol. The van der Waals surface area contributed by atoms with Gasteiger partial charge in [-0.25, -0.2) is 0 Å². The van der Waals surface area contributed by atoms with Crippen molar-refractivity contribution < 1.29 is 18.8 Å². The molecule has 2 aromatic rings. The van der Waals surface area contributed by atoms with Crippen LogP contribution in [0.4, 0.5) is 5.69 Å². The third-order valence-electron chi connectivity index (χ3n) is 3.83. The second-order valence-corrected chi connectivity index (χ2v) is 7.46. The highest BCUT2D eigenvalue weighted by atomic mass is 32.2. The van der Waals surface area contributed by atoms with Crippen molar-refractivity contribution >= 4 is 57.7 Å². The van der Waals surface area contributed by atoms with Crippen LogP contribution in [0.5, 0.6) is 0 Å². The van der Waals surface area contributed by atoms with Gasteiger partial charge in [0.25, 0.3) is 5.91 Å². The molecule has 0 aliphatic carbocycles. The second kappa shape index (κ2) is 8.32. The number of furan rings is 1. The minimum atomic E-state index is -0.241. The first-order valence-electron chi connectivity index (χ1n) is 8.14. The highest BCUT2D eigenvalue weighted by Crippen LogP contribution is 2.32. The summed E-state index contributed by atoms with van der Waals surface area (Å²) in [6, 6.07) is 10.1. The number of thioether (sulfide) groups is 1. The molecule has 1 aliphatic rings. The summed E-state index contributed by atoms with van der Waals surface area (Å²) in [7, 11) is 0. The summed E-state index contributed by atoms with van der Waals surface area (Å²) in [5.74, 6) is 0.0572. The molecular formula is C19H16N2O4S2. The molecule has 1 aromatic carbocycles. The molecule has 1 aliphatic heterocycles. The molecule has 1 N–H and O–H groups in total. The van der Waals surface area contributed by atoms with Gasteiger partial charge in [-0.3, -0.25) is 19.3 Å². The molecule has 8 heteroatoms.